The van der Waals surface area contributed by atoms with Crippen LogP contribution < -0.4 is 15.5 Å². The maximum atomic E-state index is 11.7. The van der Waals surface area contributed by atoms with Gasteiger partial charge in [-0.1, -0.05) is 18.2 Å². The molecular weight excluding hydrogens is 441 g/mol. The zero-order valence-corrected chi connectivity index (χ0v) is 17.8. The molecular formula is C19H30IN5O. The summed E-state index contributed by atoms with van der Waals surface area (Å²) in [7, 11) is 0. The molecule has 1 aliphatic carbocycles. The first-order chi connectivity index (χ1) is 12.3. The molecule has 3 rings (SSSR count). The van der Waals surface area contributed by atoms with Crippen LogP contribution in [0.4, 0.5) is 5.69 Å². The van der Waals surface area contributed by atoms with E-state index in [1.54, 1.807) is 0 Å². The minimum atomic E-state index is 0. The fourth-order valence-corrected chi connectivity index (χ4v) is 3.07. The Kier molecular flexibility index (Phi) is 8.47. The molecule has 1 saturated heterocycles. The van der Waals surface area contributed by atoms with Gasteiger partial charge in [-0.05, 0) is 31.9 Å². The lowest BCUT2D eigenvalue weighted by atomic mass is 10.2. The van der Waals surface area contributed by atoms with Crippen LogP contribution in [0.1, 0.15) is 19.8 Å². The quantitative estimate of drug-likeness (QED) is 0.288. The topological polar surface area (TPSA) is 60.0 Å². The van der Waals surface area contributed by atoms with E-state index >= 15 is 0 Å². The normalized spacial score (nSPS) is 17.5. The van der Waals surface area contributed by atoms with Crippen LogP contribution in [-0.2, 0) is 4.79 Å². The van der Waals surface area contributed by atoms with Crippen molar-refractivity contribution in [3.8, 4) is 0 Å². The maximum Gasteiger partial charge on any atom is 0.223 e. The fourth-order valence-electron chi connectivity index (χ4n) is 3.07. The van der Waals surface area contributed by atoms with Crippen molar-refractivity contribution >= 4 is 41.5 Å². The van der Waals surface area contributed by atoms with E-state index in [0.29, 0.717) is 13.1 Å². The van der Waals surface area contributed by atoms with E-state index in [1.807, 2.05) is 0 Å². The van der Waals surface area contributed by atoms with E-state index in [1.165, 1.54) is 5.69 Å². The van der Waals surface area contributed by atoms with Crippen molar-refractivity contribution in [3.63, 3.8) is 0 Å². The van der Waals surface area contributed by atoms with E-state index < -0.39 is 0 Å². The molecule has 0 spiro atoms. The van der Waals surface area contributed by atoms with Crippen molar-refractivity contribution in [2.45, 2.75) is 19.8 Å². The number of hydrogen-bond acceptors (Lipinski definition) is 3. The summed E-state index contributed by atoms with van der Waals surface area (Å²) in [6.45, 7) is 8.08. The molecule has 1 aromatic carbocycles. The molecule has 0 atom stereocenters. The summed E-state index contributed by atoms with van der Waals surface area (Å²) in [6, 6.07) is 10.6. The predicted molar refractivity (Wildman–Crippen MR) is 117 cm³/mol. The Morgan fingerprint density at radius 2 is 1.81 bits per heavy atom. The standard InChI is InChI=1S/C19H29N5O.HI/c1-2-20-19(22-11-10-21-18(25)16-8-9-16)24-14-12-23(13-15-24)17-6-4-3-5-7-17;/h3-7,16H,2,8-15H2,1H3,(H,20,22)(H,21,25);1H. The summed E-state index contributed by atoms with van der Waals surface area (Å²) in [5.41, 5.74) is 1.28. The van der Waals surface area contributed by atoms with Crippen molar-refractivity contribution in [1.29, 1.82) is 0 Å². The lowest BCUT2D eigenvalue weighted by Gasteiger charge is -2.37. The molecule has 7 heteroatoms. The summed E-state index contributed by atoms with van der Waals surface area (Å²) < 4.78 is 0. The number of rotatable bonds is 6. The van der Waals surface area contributed by atoms with Gasteiger partial charge in [-0.2, -0.15) is 0 Å². The average Bonchev–Trinajstić information content (AvgIpc) is 3.50. The number of halogens is 1. The van der Waals surface area contributed by atoms with Crippen LogP contribution >= 0.6 is 24.0 Å². The van der Waals surface area contributed by atoms with Crippen LogP contribution in [0, 0.1) is 5.92 Å². The van der Waals surface area contributed by atoms with Gasteiger partial charge in [-0.3, -0.25) is 9.79 Å². The first-order valence-corrected chi connectivity index (χ1v) is 9.39. The van der Waals surface area contributed by atoms with Gasteiger partial charge in [0.25, 0.3) is 0 Å². The second kappa shape index (κ2) is 10.6. The van der Waals surface area contributed by atoms with Crippen molar-refractivity contribution in [1.82, 2.24) is 15.5 Å². The third kappa shape index (κ3) is 6.03. The van der Waals surface area contributed by atoms with Gasteiger partial charge in [0.15, 0.2) is 5.96 Å². The third-order valence-electron chi connectivity index (χ3n) is 4.66. The van der Waals surface area contributed by atoms with Crippen molar-refractivity contribution in [3.05, 3.63) is 30.3 Å². The molecule has 1 saturated carbocycles. The second-order valence-electron chi connectivity index (χ2n) is 6.61. The largest absolute Gasteiger partial charge is 0.368 e. The number of hydrogen-bond donors (Lipinski definition) is 2. The molecule has 0 unspecified atom stereocenters. The summed E-state index contributed by atoms with van der Waals surface area (Å²) in [5, 5.41) is 6.35. The molecule has 1 aromatic rings. The molecule has 26 heavy (non-hydrogen) atoms. The number of anilines is 1. The predicted octanol–water partition coefficient (Wildman–Crippen LogP) is 1.92. The van der Waals surface area contributed by atoms with E-state index in [0.717, 1.165) is 51.5 Å². The second-order valence-corrected chi connectivity index (χ2v) is 6.61. The van der Waals surface area contributed by atoms with Crippen molar-refractivity contribution < 1.29 is 4.79 Å². The van der Waals surface area contributed by atoms with Gasteiger partial charge in [0.2, 0.25) is 5.91 Å². The first-order valence-electron chi connectivity index (χ1n) is 9.39. The Balaban J connectivity index is 0.00000243. The SMILES string of the molecule is CCNC(=NCCNC(=O)C1CC1)N1CCN(c2ccccc2)CC1.I. The zero-order valence-electron chi connectivity index (χ0n) is 15.5. The minimum Gasteiger partial charge on any atom is -0.368 e. The van der Waals surface area contributed by atoms with Gasteiger partial charge >= 0.3 is 0 Å². The third-order valence-corrected chi connectivity index (χ3v) is 4.66. The lowest BCUT2D eigenvalue weighted by molar-refractivity contribution is -0.122. The smallest absolute Gasteiger partial charge is 0.223 e. The Hall–Kier alpha value is -1.51. The number of piperazine rings is 1. The molecule has 2 fully saturated rings. The van der Waals surface area contributed by atoms with Crippen LogP contribution in [0.15, 0.2) is 35.3 Å². The average molecular weight is 471 g/mol. The number of carbonyl (C=O) groups is 1. The maximum absolute atomic E-state index is 11.7. The summed E-state index contributed by atoms with van der Waals surface area (Å²) in [6.07, 6.45) is 2.09. The first kappa shape index (κ1) is 20.8. The highest BCUT2D eigenvalue weighted by molar-refractivity contribution is 14.0. The highest BCUT2D eigenvalue weighted by atomic mass is 127. The molecule has 2 aliphatic rings. The van der Waals surface area contributed by atoms with E-state index in [4.69, 9.17) is 0 Å². The number of aliphatic imine (C=N–C) groups is 1. The van der Waals surface area contributed by atoms with Gasteiger partial charge in [-0.25, -0.2) is 0 Å². The van der Waals surface area contributed by atoms with Crippen LogP contribution in [-0.4, -0.2) is 62.6 Å². The summed E-state index contributed by atoms with van der Waals surface area (Å²) in [5.74, 6) is 1.41. The molecule has 6 nitrogen and oxygen atoms in total. The van der Waals surface area contributed by atoms with Gasteiger partial charge in [-0.15, -0.1) is 24.0 Å². The molecule has 2 N–H and O–H groups in total. The summed E-state index contributed by atoms with van der Waals surface area (Å²) >= 11 is 0. The zero-order chi connectivity index (χ0) is 17.5. The molecule has 0 bridgehead atoms. The van der Waals surface area contributed by atoms with E-state index in [9.17, 15) is 4.79 Å². The number of benzene rings is 1. The molecule has 1 amide bonds. The van der Waals surface area contributed by atoms with E-state index in [2.05, 4.69) is 62.7 Å². The van der Waals surface area contributed by atoms with Crippen molar-refractivity contribution in [2.24, 2.45) is 10.9 Å². The number of nitrogens with zero attached hydrogens (tertiary/aromatic N) is 3. The van der Waals surface area contributed by atoms with Crippen LogP contribution in [0.3, 0.4) is 0 Å². The molecule has 1 aliphatic heterocycles. The Morgan fingerprint density at radius 1 is 1.12 bits per heavy atom. The van der Waals surface area contributed by atoms with Gasteiger partial charge in [0.05, 0.1) is 6.54 Å². The monoisotopic (exact) mass is 471 g/mol. The van der Waals surface area contributed by atoms with Crippen molar-refractivity contribution in [2.75, 3.05) is 50.7 Å². The van der Waals surface area contributed by atoms with Gasteiger partial charge < -0.3 is 20.4 Å². The van der Waals surface area contributed by atoms with Gasteiger partial charge in [0.1, 0.15) is 0 Å². The number of carbonyl (C=O) groups excluding carboxylic acids is 1. The Labute approximate surface area is 173 Å². The summed E-state index contributed by atoms with van der Waals surface area (Å²) in [4.78, 5) is 21.1. The number of nitrogens with one attached hydrogen (secondary N) is 2. The van der Waals surface area contributed by atoms with Crippen LogP contribution in [0.5, 0.6) is 0 Å². The molecule has 0 radical (unpaired) electrons. The highest BCUT2D eigenvalue weighted by Gasteiger charge is 2.29. The number of amides is 1. The van der Waals surface area contributed by atoms with E-state index in [-0.39, 0.29) is 35.8 Å². The molecule has 1 heterocycles. The number of guanidine groups is 1. The Morgan fingerprint density at radius 3 is 2.42 bits per heavy atom. The molecule has 0 aromatic heterocycles. The number of para-hydroxylation sites is 1. The minimum absolute atomic E-state index is 0. The van der Waals surface area contributed by atoms with Gasteiger partial charge in [0, 0.05) is 50.9 Å². The lowest BCUT2D eigenvalue weighted by Crippen LogP contribution is -2.52. The molecule has 144 valence electrons. The Bertz CT molecular complexity index is 583. The van der Waals surface area contributed by atoms with Crippen LogP contribution in [0.25, 0.3) is 0 Å². The van der Waals surface area contributed by atoms with Crippen LogP contribution in [0.2, 0.25) is 0 Å². The highest BCUT2D eigenvalue weighted by Crippen LogP contribution is 2.28. The fraction of sp³-hybridized carbons (Fsp3) is 0.579.